The Balaban J connectivity index is 2.30. The Morgan fingerprint density at radius 2 is 1.46 bits per heavy atom. The maximum Gasteiger partial charge on any atom is 0.329 e. The number of carbonyl (C=O) groups excluding carboxylic acids is 5. The lowest BCUT2D eigenvalue weighted by Crippen LogP contribution is -2.60. The fourth-order valence-electron chi connectivity index (χ4n) is 9.31. The maximum atomic E-state index is 14.5. The minimum Gasteiger partial charge on any atom is -0.508 e. The Morgan fingerprint density at radius 3 is 1.98 bits per heavy atom. The molecule has 370 valence electrons. The van der Waals surface area contributed by atoms with Crippen LogP contribution in [0.3, 0.4) is 0 Å². The molecule has 65 heavy (non-hydrogen) atoms. The number of benzene rings is 1. The van der Waals surface area contributed by atoms with Gasteiger partial charge in [-0.2, -0.15) is 0 Å². The third-order valence-corrected chi connectivity index (χ3v) is 12.7. The highest BCUT2D eigenvalue weighted by molar-refractivity contribution is 6.00. The summed E-state index contributed by atoms with van der Waals surface area (Å²) in [4.78, 5) is 86.4. The second-order valence-electron chi connectivity index (χ2n) is 19.7. The van der Waals surface area contributed by atoms with Crippen LogP contribution in [0.5, 0.6) is 5.75 Å². The number of hydrogen-bond donors (Lipinski definition) is 4. The first-order chi connectivity index (χ1) is 30.4. The molecule has 4 amide bonds. The Kier molecular flexibility index (Phi) is 23.6. The van der Waals surface area contributed by atoms with Gasteiger partial charge in [0.1, 0.15) is 17.4 Å². The minimum absolute atomic E-state index is 0.00520. The number of likely N-dealkylation sites (N-methyl/N-ethyl adjacent to an activating group) is 2. The first-order valence-electron chi connectivity index (χ1n) is 23.5. The number of phenols is 1. The Hall–Kier alpha value is -4.12. The number of carboxylic acids is 1. The van der Waals surface area contributed by atoms with Crippen LogP contribution in [0.2, 0.25) is 0 Å². The molecule has 1 fully saturated rings. The second kappa shape index (κ2) is 26.9. The van der Waals surface area contributed by atoms with E-state index < -0.39 is 83.6 Å². The molecular weight excluding hydrogens is 835 g/mol. The maximum absolute atomic E-state index is 14.5. The molecule has 1 aromatic rings. The first kappa shape index (κ1) is 57.0. The molecule has 16 heteroatoms. The summed E-state index contributed by atoms with van der Waals surface area (Å²) in [6.45, 7) is 19.8. The van der Waals surface area contributed by atoms with Crippen LogP contribution in [0.25, 0.3) is 0 Å². The molecule has 0 radical (unpaired) electrons. The highest BCUT2D eigenvalue weighted by atomic mass is 16.6. The van der Waals surface area contributed by atoms with Crippen LogP contribution in [-0.2, 0) is 49.4 Å². The number of ether oxygens (including phenoxy) is 3. The van der Waals surface area contributed by atoms with E-state index in [1.807, 2.05) is 58.5 Å². The van der Waals surface area contributed by atoms with E-state index >= 15 is 0 Å². The van der Waals surface area contributed by atoms with Crippen LogP contribution in [0.15, 0.2) is 24.3 Å². The summed E-state index contributed by atoms with van der Waals surface area (Å²) in [6, 6.07) is 3.19. The van der Waals surface area contributed by atoms with Gasteiger partial charge >= 0.3 is 11.9 Å². The zero-order valence-corrected chi connectivity index (χ0v) is 41.8. The summed E-state index contributed by atoms with van der Waals surface area (Å²) >= 11 is 0. The third kappa shape index (κ3) is 17.6. The molecule has 0 unspecified atom stereocenters. The molecule has 0 bridgehead atoms. The molecule has 0 aromatic heterocycles. The number of esters is 1. The number of aliphatic carboxylic acids is 1. The summed E-state index contributed by atoms with van der Waals surface area (Å²) in [6.07, 6.45) is 2.89. The first-order valence-corrected chi connectivity index (χ1v) is 23.5. The van der Waals surface area contributed by atoms with Crippen molar-refractivity contribution in [1.82, 2.24) is 25.3 Å². The standard InChI is InChI=1S/C49H83N5O11/c1-15-32(6)43(53(12)42(31(4)5)47(61)51-46(60)41(30(2)3)52(11)26-18-16-17-21-40(57)58)38(63-13)29-39(56)54-27-19-20-37(54)44(64-14)33(7)45(59)50-36(48(62)65-49(8,9)10)28-34-22-24-35(55)25-23-34/h22-25,30-33,36-38,41-44,55H,15-21,26-29H2,1-14H3,(H,50,59)(H,57,58)(H,51,60,61)/t32-,33+,36-,37-,38+,41-,42-,43-,44+/m0/s1. The molecule has 2 rings (SSSR count). The number of phenolic OH excluding ortho intramolecular Hbond substituents is 1. The molecule has 1 saturated heterocycles. The topological polar surface area (TPSA) is 204 Å². The van der Waals surface area contributed by atoms with E-state index in [4.69, 9.17) is 19.3 Å². The zero-order valence-electron chi connectivity index (χ0n) is 41.8. The molecular formula is C49H83N5O11. The molecule has 1 aliphatic rings. The van der Waals surface area contributed by atoms with Gasteiger partial charge in [-0.15, -0.1) is 0 Å². The van der Waals surface area contributed by atoms with E-state index in [1.165, 1.54) is 19.2 Å². The lowest BCUT2D eigenvalue weighted by molar-refractivity contribution is -0.159. The van der Waals surface area contributed by atoms with Crippen LogP contribution in [-0.4, -0.2) is 150 Å². The Morgan fingerprint density at radius 1 is 0.862 bits per heavy atom. The van der Waals surface area contributed by atoms with E-state index in [0.717, 1.165) is 12.8 Å². The summed E-state index contributed by atoms with van der Waals surface area (Å²) in [5.74, 6) is -3.92. The van der Waals surface area contributed by atoms with Crippen molar-refractivity contribution in [1.29, 1.82) is 0 Å². The van der Waals surface area contributed by atoms with Gasteiger partial charge < -0.3 is 34.6 Å². The Labute approximate surface area is 388 Å². The quantitative estimate of drug-likeness (QED) is 0.0644. The number of likely N-dealkylation sites (tertiary alicyclic amines) is 1. The van der Waals surface area contributed by atoms with E-state index in [-0.39, 0.29) is 48.7 Å². The number of amides is 4. The average molecular weight is 918 g/mol. The SMILES string of the molecule is CC[C@H](C)[C@@H]([C@@H](CC(=O)N1CCC[C@H]1[C@H](OC)[C@@H](C)C(=O)N[C@@H](Cc1ccc(O)cc1)C(=O)OC(C)(C)C)OC)N(C)[C@H](C(=O)NC(=O)[C@H](C(C)C)N(C)CCCCCC(=O)O)C(C)C. The van der Waals surface area contributed by atoms with Crippen LogP contribution in [0.1, 0.15) is 126 Å². The molecule has 1 aliphatic heterocycles. The number of rotatable bonds is 27. The molecule has 0 aliphatic carbocycles. The highest BCUT2D eigenvalue weighted by Gasteiger charge is 2.44. The van der Waals surface area contributed by atoms with Gasteiger partial charge in [-0.25, -0.2) is 4.79 Å². The van der Waals surface area contributed by atoms with Gasteiger partial charge in [-0.1, -0.05) is 73.4 Å². The number of aromatic hydroxyl groups is 1. The van der Waals surface area contributed by atoms with Crippen molar-refractivity contribution in [3.8, 4) is 5.75 Å². The summed E-state index contributed by atoms with van der Waals surface area (Å²) < 4.78 is 17.8. The predicted octanol–water partition coefficient (Wildman–Crippen LogP) is 5.42. The largest absolute Gasteiger partial charge is 0.508 e. The highest BCUT2D eigenvalue weighted by Crippen LogP contribution is 2.31. The second-order valence-corrected chi connectivity index (χ2v) is 19.7. The molecule has 9 atom stereocenters. The van der Waals surface area contributed by atoms with Gasteiger partial charge in [0.15, 0.2) is 0 Å². The van der Waals surface area contributed by atoms with Crippen LogP contribution in [0, 0.1) is 23.7 Å². The number of unbranched alkanes of at least 4 members (excludes halogenated alkanes) is 2. The predicted molar refractivity (Wildman–Crippen MR) is 250 cm³/mol. The third-order valence-electron chi connectivity index (χ3n) is 12.7. The number of nitrogens with zero attached hydrogens (tertiary/aromatic N) is 3. The summed E-state index contributed by atoms with van der Waals surface area (Å²) in [5.41, 5.74) is -0.0835. The number of carboxylic acid groups (broad SMARTS) is 1. The van der Waals surface area contributed by atoms with Gasteiger partial charge in [0.05, 0.1) is 42.7 Å². The lowest BCUT2D eigenvalue weighted by atomic mass is 9.87. The van der Waals surface area contributed by atoms with Crippen molar-refractivity contribution < 1.29 is 53.2 Å². The molecule has 16 nitrogen and oxygen atoms in total. The number of methoxy groups -OCH3 is 2. The zero-order chi connectivity index (χ0) is 49.3. The van der Waals surface area contributed by atoms with Crippen molar-refractivity contribution >= 4 is 35.6 Å². The van der Waals surface area contributed by atoms with Crippen LogP contribution < -0.4 is 10.6 Å². The molecule has 1 heterocycles. The van der Waals surface area contributed by atoms with Gasteiger partial charge in [0, 0.05) is 39.6 Å². The number of hydrogen-bond acceptors (Lipinski definition) is 12. The van der Waals surface area contributed by atoms with Crippen LogP contribution >= 0.6 is 0 Å². The van der Waals surface area contributed by atoms with E-state index in [0.29, 0.717) is 44.3 Å². The van der Waals surface area contributed by atoms with Crippen LogP contribution in [0.4, 0.5) is 0 Å². The summed E-state index contributed by atoms with van der Waals surface area (Å²) in [5, 5.41) is 24.4. The van der Waals surface area contributed by atoms with E-state index in [2.05, 4.69) is 17.6 Å². The molecule has 0 spiro atoms. The fourth-order valence-corrected chi connectivity index (χ4v) is 9.31. The fraction of sp³-hybridized carbons (Fsp3) is 0.755. The molecule has 1 aromatic carbocycles. The van der Waals surface area contributed by atoms with Crippen molar-refractivity contribution in [3.63, 3.8) is 0 Å². The van der Waals surface area contributed by atoms with Crippen molar-refractivity contribution in [2.45, 2.75) is 175 Å². The minimum atomic E-state index is -1.02. The lowest BCUT2D eigenvalue weighted by Gasteiger charge is -2.43. The van der Waals surface area contributed by atoms with Crippen molar-refractivity contribution in [3.05, 3.63) is 29.8 Å². The van der Waals surface area contributed by atoms with E-state index in [9.17, 15) is 33.9 Å². The molecule has 0 saturated carbocycles. The summed E-state index contributed by atoms with van der Waals surface area (Å²) in [7, 11) is 6.76. The normalized spacial score (nSPS) is 18.2. The van der Waals surface area contributed by atoms with Gasteiger partial charge in [0.25, 0.3) is 0 Å². The smallest absolute Gasteiger partial charge is 0.329 e. The number of nitrogens with one attached hydrogen (secondary N) is 2. The molecule has 4 N–H and O–H groups in total. The van der Waals surface area contributed by atoms with Gasteiger partial charge in [0.2, 0.25) is 23.6 Å². The van der Waals surface area contributed by atoms with Crippen molar-refractivity contribution in [2.75, 3.05) is 41.4 Å². The number of carbonyl (C=O) groups is 6. The average Bonchev–Trinajstić information content (AvgIpc) is 3.69. The van der Waals surface area contributed by atoms with E-state index in [1.54, 1.807) is 51.8 Å². The van der Waals surface area contributed by atoms with Crippen molar-refractivity contribution in [2.24, 2.45) is 23.7 Å². The van der Waals surface area contributed by atoms with Gasteiger partial charge in [-0.3, -0.25) is 39.1 Å². The number of imide groups is 1. The monoisotopic (exact) mass is 918 g/mol. The van der Waals surface area contributed by atoms with Gasteiger partial charge in [-0.05, 0) is 103 Å². The Bertz CT molecular complexity index is 1680.